The summed E-state index contributed by atoms with van der Waals surface area (Å²) in [6, 6.07) is 11.5. The lowest BCUT2D eigenvalue weighted by Crippen LogP contribution is -2.67. The third-order valence-electron chi connectivity index (χ3n) is 4.81. The molecule has 0 radical (unpaired) electrons. The van der Waals surface area contributed by atoms with Gasteiger partial charge in [-0.05, 0) is 39.7 Å². The van der Waals surface area contributed by atoms with Crippen molar-refractivity contribution in [1.82, 2.24) is 10.2 Å². The summed E-state index contributed by atoms with van der Waals surface area (Å²) in [4.78, 5) is 2.66. The second kappa shape index (κ2) is 5.26. The third-order valence-corrected chi connectivity index (χ3v) is 4.81. The van der Waals surface area contributed by atoms with Crippen molar-refractivity contribution in [2.75, 3.05) is 13.1 Å². The molecule has 1 N–H and O–H groups in total. The Morgan fingerprint density at radius 3 is 2.37 bits per heavy atom. The van der Waals surface area contributed by atoms with Crippen molar-refractivity contribution in [3.8, 4) is 0 Å². The summed E-state index contributed by atoms with van der Waals surface area (Å²) in [7, 11) is 0. The third kappa shape index (κ3) is 2.70. The van der Waals surface area contributed by atoms with Crippen molar-refractivity contribution in [2.45, 2.75) is 58.2 Å². The predicted octanol–water partition coefficient (Wildman–Crippen LogP) is 3.38. The Labute approximate surface area is 118 Å². The van der Waals surface area contributed by atoms with Gasteiger partial charge < -0.3 is 5.32 Å². The van der Waals surface area contributed by atoms with Crippen molar-refractivity contribution in [1.29, 1.82) is 0 Å². The van der Waals surface area contributed by atoms with Crippen molar-refractivity contribution < 1.29 is 0 Å². The quantitative estimate of drug-likeness (QED) is 0.896. The van der Waals surface area contributed by atoms with Crippen LogP contribution in [0.4, 0.5) is 0 Å². The van der Waals surface area contributed by atoms with Gasteiger partial charge in [0.15, 0.2) is 0 Å². The Bertz CT molecular complexity index is 415. The Morgan fingerprint density at radius 2 is 1.84 bits per heavy atom. The zero-order valence-electron chi connectivity index (χ0n) is 13.0. The van der Waals surface area contributed by atoms with Crippen LogP contribution in [0.2, 0.25) is 0 Å². The maximum absolute atomic E-state index is 3.78. The van der Waals surface area contributed by atoms with Gasteiger partial charge in [0.05, 0.1) is 5.54 Å². The van der Waals surface area contributed by atoms with Gasteiger partial charge in [0, 0.05) is 24.7 Å². The van der Waals surface area contributed by atoms with Gasteiger partial charge in [-0.25, -0.2) is 0 Å². The first kappa shape index (κ1) is 14.5. The monoisotopic (exact) mass is 260 g/mol. The molecule has 1 heterocycles. The van der Waals surface area contributed by atoms with Gasteiger partial charge in [0.2, 0.25) is 0 Å². The van der Waals surface area contributed by atoms with Crippen molar-refractivity contribution in [2.24, 2.45) is 0 Å². The average molecular weight is 260 g/mol. The normalized spacial score (nSPS) is 32.7. The first-order valence-electron chi connectivity index (χ1n) is 7.48. The molecular formula is C17H28N2. The molecule has 1 saturated heterocycles. The minimum atomic E-state index is 0.0874. The molecule has 2 heteroatoms. The number of nitrogens with one attached hydrogen (secondary N) is 1. The molecule has 0 spiro atoms. The molecule has 2 atom stereocenters. The van der Waals surface area contributed by atoms with Crippen LogP contribution in [0.15, 0.2) is 30.3 Å². The zero-order valence-corrected chi connectivity index (χ0v) is 13.0. The molecule has 106 valence electrons. The van der Waals surface area contributed by atoms with Gasteiger partial charge in [-0.15, -0.1) is 0 Å². The highest BCUT2D eigenvalue weighted by Crippen LogP contribution is 2.35. The van der Waals surface area contributed by atoms with Gasteiger partial charge in [-0.1, -0.05) is 37.3 Å². The predicted molar refractivity (Wildman–Crippen MR) is 82.3 cm³/mol. The van der Waals surface area contributed by atoms with Crippen LogP contribution in [0.5, 0.6) is 0 Å². The number of rotatable bonds is 3. The molecule has 1 aliphatic heterocycles. The molecule has 1 aliphatic rings. The highest BCUT2D eigenvalue weighted by Gasteiger charge is 2.43. The fourth-order valence-electron chi connectivity index (χ4n) is 3.15. The molecule has 0 aromatic heterocycles. The van der Waals surface area contributed by atoms with Crippen molar-refractivity contribution in [3.63, 3.8) is 0 Å². The van der Waals surface area contributed by atoms with E-state index in [0.29, 0.717) is 6.04 Å². The van der Waals surface area contributed by atoms with E-state index in [2.05, 4.69) is 75.2 Å². The van der Waals surface area contributed by atoms with Crippen LogP contribution in [0.3, 0.4) is 0 Å². The zero-order chi connectivity index (χ0) is 14.1. The molecule has 1 aromatic rings. The van der Waals surface area contributed by atoms with E-state index in [4.69, 9.17) is 0 Å². The lowest BCUT2D eigenvalue weighted by molar-refractivity contribution is -0.00706. The van der Waals surface area contributed by atoms with Gasteiger partial charge in [-0.2, -0.15) is 0 Å². The summed E-state index contributed by atoms with van der Waals surface area (Å²) in [5, 5.41) is 3.78. The Hall–Kier alpha value is -0.860. The molecule has 0 amide bonds. The minimum absolute atomic E-state index is 0.0874. The topological polar surface area (TPSA) is 15.3 Å². The summed E-state index contributed by atoms with van der Waals surface area (Å²) in [6.45, 7) is 13.7. The highest BCUT2D eigenvalue weighted by atomic mass is 15.3. The van der Waals surface area contributed by atoms with Gasteiger partial charge >= 0.3 is 0 Å². The van der Waals surface area contributed by atoms with Gasteiger partial charge in [0.1, 0.15) is 0 Å². The number of hydrogen-bond donors (Lipinski definition) is 1. The summed E-state index contributed by atoms with van der Waals surface area (Å²) >= 11 is 0. The van der Waals surface area contributed by atoms with Crippen LogP contribution in [-0.2, 0) is 5.54 Å². The fraction of sp³-hybridized carbons (Fsp3) is 0.647. The molecule has 1 fully saturated rings. The summed E-state index contributed by atoms with van der Waals surface area (Å²) in [5.74, 6) is 0. The van der Waals surface area contributed by atoms with E-state index in [9.17, 15) is 0 Å². The van der Waals surface area contributed by atoms with E-state index in [1.54, 1.807) is 0 Å². The fourth-order valence-corrected chi connectivity index (χ4v) is 3.15. The second-order valence-electron chi connectivity index (χ2n) is 6.63. The molecule has 2 nitrogen and oxygen atoms in total. The van der Waals surface area contributed by atoms with E-state index in [1.165, 1.54) is 12.0 Å². The Kier molecular flexibility index (Phi) is 4.03. The molecule has 2 unspecified atom stereocenters. The first-order chi connectivity index (χ1) is 8.91. The van der Waals surface area contributed by atoms with E-state index >= 15 is 0 Å². The molecule has 1 aromatic carbocycles. The van der Waals surface area contributed by atoms with E-state index in [0.717, 1.165) is 13.1 Å². The first-order valence-corrected chi connectivity index (χ1v) is 7.48. The van der Waals surface area contributed by atoms with E-state index in [1.807, 2.05) is 0 Å². The van der Waals surface area contributed by atoms with Crippen LogP contribution < -0.4 is 5.32 Å². The maximum atomic E-state index is 3.78. The van der Waals surface area contributed by atoms with Crippen LogP contribution >= 0.6 is 0 Å². The van der Waals surface area contributed by atoms with E-state index < -0.39 is 0 Å². The molecule has 0 bridgehead atoms. The Balaban J connectivity index is 2.35. The molecular weight excluding hydrogens is 232 g/mol. The lowest BCUT2D eigenvalue weighted by Gasteiger charge is -2.54. The van der Waals surface area contributed by atoms with Crippen LogP contribution in [-0.4, -0.2) is 29.6 Å². The lowest BCUT2D eigenvalue weighted by atomic mass is 9.82. The van der Waals surface area contributed by atoms with Crippen molar-refractivity contribution in [3.05, 3.63) is 35.9 Å². The standard InChI is InChI=1S/C17H28N2/c1-6-16(4)13-19(14(2)3)17(5,12-18-16)15-10-8-7-9-11-15/h7-11,14,18H,6,12-13H2,1-5H3. The number of benzene rings is 1. The number of piperazine rings is 1. The molecule has 0 saturated carbocycles. The number of hydrogen-bond acceptors (Lipinski definition) is 2. The smallest absolute Gasteiger partial charge is 0.0560 e. The number of nitrogens with zero attached hydrogens (tertiary/aromatic N) is 1. The molecule has 0 aliphatic carbocycles. The van der Waals surface area contributed by atoms with Crippen molar-refractivity contribution >= 4 is 0 Å². The van der Waals surface area contributed by atoms with Crippen LogP contribution in [0.25, 0.3) is 0 Å². The van der Waals surface area contributed by atoms with Gasteiger partial charge in [0.25, 0.3) is 0 Å². The second-order valence-corrected chi connectivity index (χ2v) is 6.63. The van der Waals surface area contributed by atoms with E-state index in [-0.39, 0.29) is 11.1 Å². The average Bonchev–Trinajstić information content (AvgIpc) is 2.43. The molecule has 2 rings (SSSR count). The van der Waals surface area contributed by atoms with Gasteiger partial charge in [-0.3, -0.25) is 4.90 Å². The minimum Gasteiger partial charge on any atom is -0.308 e. The Morgan fingerprint density at radius 1 is 1.21 bits per heavy atom. The summed E-state index contributed by atoms with van der Waals surface area (Å²) in [6.07, 6.45) is 1.17. The highest BCUT2D eigenvalue weighted by molar-refractivity contribution is 5.26. The summed E-state index contributed by atoms with van der Waals surface area (Å²) < 4.78 is 0. The van der Waals surface area contributed by atoms with Crippen LogP contribution in [0, 0.1) is 0 Å². The summed E-state index contributed by atoms with van der Waals surface area (Å²) in [5.41, 5.74) is 1.73. The molecule has 19 heavy (non-hydrogen) atoms. The van der Waals surface area contributed by atoms with Crippen LogP contribution in [0.1, 0.15) is 46.6 Å². The largest absolute Gasteiger partial charge is 0.308 e. The maximum Gasteiger partial charge on any atom is 0.0560 e. The SMILES string of the molecule is CCC1(C)CN(C(C)C)C(C)(c2ccccc2)CN1.